The van der Waals surface area contributed by atoms with Gasteiger partial charge in [0.2, 0.25) is 11.2 Å². The molecule has 28 heavy (non-hydrogen) atoms. The van der Waals surface area contributed by atoms with Crippen molar-refractivity contribution in [1.82, 2.24) is 0 Å². The van der Waals surface area contributed by atoms with Crippen LogP contribution in [0.15, 0.2) is 60.7 Å². The number of fused-ring (bicyclic) bond motifs is 1. The zero-order valence-electron chi connectivity index (χ0n) is 16.1. The molecule has 0 atom stereocenters. The van der Waals surface area contributed by atoms with Crippen LogP contribution in [0.1, 0.15) is 17.7 Å². The Balaban J connectivity index is 1.68. The van der Waals surface area contributed by atoms with E-state index < -0.39 is 10.1 Å². The SMILES string of the molecule is CN(CCCS(=O)(=O)O)c1ccc(/C=C/c2ccc3ccccc3[n+]2C)cc1. The number of anilines is 1. The molecule has 0 saturated heterocycles. The topological polar surface area (TPSA) is 61.5 Å². The third-order valence-electron chi connectivity index (χ3n) is 4.80. The minimum atomic E-state index is -3.90. The van der Waals surface area contributed by atoms with Gasteiger partial charge in [-0.1, -0.05) is 24.3 Å². The minimum absolute atomic E-state index is 0.221. The molecule has 0 amide bonds. The molecule has 0 unspecified atom stereocenters. The molecule has 5 nitrogen and oxygen atoms in total. The second kappa shape index (κ2) is 8.54. The van der Waals surface area contributed by atoms with Crippen molar-refractivity contribution in [3.8, 4) is 0 Å². The van der Waals surface area contributed by atoms with Crippen molar-refractivity contribution in [3.05, 3.63) is 71.9 Å². The highest BCUT2D eigenvalue weighted by molar-refractivity contribution is 7.85. The highest BCUT2D eigenvalue weighted by atomic mass is 32.2. The fraction of sp³-hybridized carbons (Fsp3) is 0.227. The highest BCUT2D eigenvalue weighted by Gasteiger charge is 2.09. The Kier molecular flexibility index (Phi) is 6.11. The monoisotopic (exact) mass is 397 g/mol. The standard InChI is InChI=1S/C22H24N2O3S/c1-23(16-5-17-28(25,26)27)20-12-8-18(9-13-20)10-14-21-15-11-19-6-3-4-7-22(19)24(21)2/h3-4,6-15H,5,16-17H2,1-2H3/p+1. The molecular formula is C22H25N2O3S+. The third-order valence-corrected chi connectivity index (χ3v) is 5.60. The number of benzene rings is 2. The highest BCUT2D eigenvalue weighted by Crippen LogP contribution is 2.16. The van der Waals surface area contributed by atoms with Crippen LogP contribution in [0.3, 0.4) is 0 Å². The average Bonchev–Trinajstić information content (AvgIpc) is 2.67. The lowest BCUT2D eigenvalue weighted by molar-refractivity contribution is -0.646. The first kappa shape index (κ1) is 20.0. The molecule has 0 fully saturated rings. The number of aromatic nitrogens is 1. The van der Waals surface area contributed by atoms with Gasteiger partial charge in [-0.25, -0.2) is 0 Å². The van der Waals surface area contributed by atoms with Gasteiger partial charge >= 0.3 is 0 Å². The lowest BCUT2D eigenvalue weighted by Crippen LogP contribution is -2.32. The zero-order chi connectivity index (χ0) is 20.1. The summed E-state index contributed by atoms with van der Waals surface area (Å²) in [6.45, 7) is 0.557. The van der Waals surface area contributed by atoms with Crippen LogP contribution in [0.4, 0.5) is 5.69 Å². The van der Waals surface area contributed by atoms with E-state index in [0.29, 0.717) is 13.0 Å². The van der Waals surface area contributed by atoms with Crippen LogP contribution in [0.5, 0.6) is 0 Å². The van der Waals surface area contributed by atoms with Gasteiger partial charge in [0.1, 0.15) is 7.05 Å². The summed E-state index contributed by atoms with van der Waals surface area (Å²) in [5, 5.41) is 1.21. The van der Waals surface area contributed by atoms with Gasteiger partial charge in [0.05, 0.1) is 5.75 Å². The molecule has 0 bridgehead atoms. The summed E-state index contributed by atoms with van der Waals surface area (Å²) in [6, 6.07) is 20.6. The summed E-state index contributed by atoms with van der Waals surface area (Å²) in [5.74, 6) is -0.221. The van der Waals surface area contributed by atoms with Crippen molar-refractivity contribution in [3.63, 3.8) is 0 Å². The molecule has 0 aliphatic carbocycles. The maximum Gasteiger partial charge on any atom is 0.264 e. The summed E-state index contributed by atoms with van der Waals surface area (Å²) < 4.78 is 32.6. The lowest BCUT2D eigenvalue weighted by Gasteiger charge is -2.19. The first-order valence-electron chi connectivity index (χ1n) is 9.16. The average molecular weight is 398 g/mol. The maximum atomic E-state index is 10.8. The first-order valence-corrected chi connectivity index (χ1v) is 10.8. The van der Waals surface area contributed by atoms with Crippen molar-refractivity contribution in [2.75, 3.05) is 24.2 Å². The van der Waals surface area contributed by atoms with Crippen LogP contribution in [0, 0.1) is 0 Å². The number of para-hydroxylation sites is 1. The molecule has 1 N–H and O–H groups in total. The van der Waals surface area contributed by atoms with Gasteiger partial charge in [-0.05, 0) is 42.3 Å². The van der Waals surface area contributed by atoms with Crippen molar-refractivity contribution in [1.29, 1.82) is 0 Å². The Hall–Kier alpha value is -2.70. The summed E-state index contributed by atoms with van der Waals surface area (Å²) in [4.78, 5) is 1.97. The second-order valence-corrected chi connectivity index (χ2v) is 8.43. The Bertz CT molecular complexity index is 1090. The van der Waals surface area contributed by atoms with E-state index in [0.717, 1.165) is 16.9 Å². The molecule has 3 rings (SSSR count). The molecule has 0 spiro atoms. The van der Waals surface area contributed by atoms with Crippen LogP contribution >= 0.6 is 0 Å². The van der Waals surface area contributed by atoms with Crippen molar-refractivity contribution >= 4 is 38.9 Å². The largest absolute Gasteiger partial charge is 0.375 e. The van der Waals surface area contributed by atoms with Crippen LogP contribution < -0.4 is 9.47 Å². The molecule has 146 valence electrons. The van der Waals surface area contributed by atoms with Crippen molar-refractivity contribution in [2.24, 2.45) is 7.05 Å². The fourth-order valence-corrected chi connectivity index (χ4v) is 3.66. The number of rotatable bonds is 7. The van der Waals surface area contributed by atoms with Gasteiger partial charge in [0.25, 0.3) is 10.1 Å². The number of pyridine rings is 1. The molecule has 2 aromatic carbocycles. The summed E-state index contributed by atoms with van der Waals surface area (Å²) in [7, 11) is 0.0712. The van der Waals surface area contributed by atoms with Crippen molar-refractivity contribution < 1.29 is 17.5 Å². The number of aryl methyl sites for hydroxylation is 1. The molecule has 0 aliphatic heterocycles. The Morgan fingerprint density at radius 3 is 2.43 bits per heavy atom. The van der Waals surface area contributed by atoms with Crippen LogP contribution in [0.2, 0.25) is 0 Å². The summed E-state index contributed by atoms with van der Waals surface area (Å²) in [6.07, 6.45) is 4.55. The van der Waals surface area contributed by atoms with E-state index in [4.69, 9.17) is 4.55 Å². The van der Waals surface area contributed by atoms with Crippen LogP contribution in [-0.2, 0) is 17.2 Å². The van der Waals surface area contributed by atoms with E-state index in [2.05, 4.69) is 48.0 Å². The number of hydrogen-bond donors (Lipinski definition) is 1. The summed E-state index contributed by atoms with van der Waals surface area (Å²) >= 11 is 0. The zero-order valence-corrected chi connectivity index (χ0v) is 16.9. The van der Waals surface area contributed by atoms with E-state index in [1.54, 1.807) is 0 Å². The Labute approximate surface area is 166 Å². The number of hydrogen-bond acceptors (Lipinski definition) is 3. The third kappa shape index (κ3) is 5.18. The molecule has 0 saturated carbocycles. The first-order chi connectivity index (χ1) is 13.3. The molecule has 3 aromatic rings. The van der Waals surface area contributed by atoms with E-state index >= 15 is 0 Å². The van der Waals surface area contributed by atoms with E-state index in [1.807, 2.05) is 48.3 Å². The molecule has 0 aliphatic rings. The van der Waals surface area contributed by atoms with Crippen LogP contribution in [-0.4, -0.2) is 32.3 Å². The Morgan fingerprint density at radius 2 is 1.71 bits per heavy atom. The van der Waals surface area contributed by atoms with E-state index in [1.165, 1.54) is 10.9 Å². The molecule has 1 aromatic heterocycles. The van der Waals surface area contributed by atoms with Crippen LogP contribution in [0.25, 0.3) is 23.1 Å². The van der Waals surface area contributed by atoms with Crippen molar-refractivity contribution in [2.45, 2.75) is 6.42 Å². The molecule has 1 heterocycles. The van der Waals surface area contributed by atoms with Gasteiger partial charge < -0.3 is 4.90 Å². The Morgan fingerprint density at radius 1 is 1.00 bits per heavy atom. The van der Waals surface area contributed by atoms with Gasteiger partial charge in [-0.2, -0.15) is 13.0 Å². The molecule has 6 heteroatoms. The van der Waals surface area contributed by atoms with Gasteiger partial charge in [-0.15, -0.1) is 0 Å². The van der Waals surface area contributed by atoms with Gasteiger partial charge in [0, 0.05) is 42.9 Å². The van der Waals surface area contributed by atoms with Gasteiger partial charge in [0.15, 0.2) is 0 Å². The van der Waals surface area contributed by atoms with E-state index in [9.17, 15) is 8.42 Å². The molecular weight excluding hydrogens is 372 g/mol. The lowest BCUT2D eigenvalue weighted by atomic mass is 10.1. The maximum absolute atomic E-state index is 10.8. The normalized spacial score (nSPS) is 12.0. The summed E-state index contributed by atoms with van der Waals surface area (Å²) in [5.41, 5.74) is 4.39. The quantitative estimate of drug-likeness (QED) is 0.489. The second-order valence-electron chi connectivity index (χ2n) is 6.86. The molecule has 0 radical (unpaired) electrons. The number of nitrogens with zero attached hydrogens (tertiary/aromatic N) is 2. The minimum Gasteiger partial charge on any atom is -0.375 e. The fourth-order valence-electron chi connectivity index (χ4n) is 3.16. The predicted octanol–water partition coefficient (Wildman–Crippen LogP) is 3.55. The predicted molar refractivity (Wildman–Crippen MR) is 115 cm³/mol. The van der Waals surface area contributed by atoms with Gasteiger partial charge in [-0.3, -0.25) is 4.55 Å². The smallest absolute Gasteiger partial charge is 0.264 e. The van der Waals surface area contributed by atoms with E-state index in [-0.39, 0.29) is 5.75 Å².